The second-order valence-electron chi connectivity index (χ2n) is 8.60. The Labute approximate surface area is 203 Å². The van der Waals surface area contributed by atoms with E-state index < -0.39 is 0 Å². The second-order valence-corrected chi connectivity index (χ2v) is 8.60. The Morgan fingerprint density at radius 2 is 1.97 bits per heavy atom. The maximum Gasteiger partial charge on any atom is 0.259 e. The van der Waals surface area contributed by atoms with Gasteiger partial charge in [0.1, 0.15) is 11.5 Å². The van der Waals surface area contributed by atoms with Gasteiger partial charge in [0, 0.05) is 32.1 Å². The third-order valence-corrected chi connectivity index (χ3v) is 6.37. The number of pyridine rings is 2. The largest absolute Gasteiger partial charge is 0.480 e. The van der Waals surface area contributed by atoms with Gasteiger partial charge in [-0.15, -0.1) is 0 Å². The van der Waals surface area contributed by atoms with Gasteiger partial charge in [-0.2, -0.15) is 0 Å². The summed E-state index contributed by atoms with van der Waals surface area (Å²) in [5.74, 6) is 1.37. The fourth-order valence-electron chi connectivity index (χ4n) is 4.51. The molecule has 0 radical (unpaired) electrons. The molecule has 2 N–H and O–H groups in total. The molecule has 1 aliphatic heterocycles. The molecule has 0 aliphatic carbocycles. The highest BCUT2D eigenvalue weighted by Gasteiger charge is 2.23. The van der Waals surface area contributed by atoms with Gasteiger partial charge in [0.15, 0.2) is 0 Å². The molecule has 1 saturated heterocycles. The molecule has 1 unspecified atom stereocenters. The Morgan fingerprint density at radius 1 is 1.11 bits per heavy atom. The molecule has 0 saturated carbocycles. The van der Waals surface area contributed by atoms with Crippen LogP contribution in [0, 0.1) is 0 Å². The summed E-state index contributed by atoms with van der Waals surface area (Å²) in [6.07, 6.45) is 5.93. The summed E-state index contributed by atoms with van der Waals surface area (Å²) in [6.45, 7) is 3.86. The minimum absolute atomic E-state index is 0.209. The van der Waals surface area contributed by atoms with Gasteiger partial charge in [0.05, 0.1) is 37.2 Å². The highest BCUT2D eigenvalue weighted by molar-refractivity contribution is 5.94. The maximum atomic E-state index is 12.7. The summed E-state index contributed by atoms with van der Waals surface area (Å²) >= 11 is 0. The van der Waals surface area contributed by atoms with Crippen LogP contribution in [-0.4, -0.2) is 65.3 Å². The van der Waals surface area contributed by atoms with Crippen LogP contribution in [0.15, 0.2) is 59.8 Å². The second kappa shape index (κ2) is 10.2. The lowest BCUT2D eigenvalue weighted by Crippen LogP contribution is -2.24. The van der Waals surface area contributed by atoms with E-state index in [1.807, 2.05) is 24.3 Å². The highest BCUT2D eigenvalue weighted by atomic mass is 16.5. The van der Waals surface area contributed by atoms with Crippen molar-refractivity contribution >= 4 is 22.3 Å². The predicted molar refractivity (Wildman–Crippen MR) is 135 cm³/mol. The van der Waals surface area contributed by atoms with Gasteiger partial charge in [-0.05, 0) is 54.1 Å². The minimum atomic E-state index is -0.209. The average molecular weight is 473 g/mol. The number of likely N-dealkylation sites (tertiary alicyclic amines) is 1. The van der Waals surface area contributed by atoms with E-state index in [1.165, 1.54) is 11.8 Å². The number of aromatic amines is 1. The molecule has 1 aliphatic rings. The van der Waals surface area contributed by atoms with E-state index in [1.54, 1.807) is 26.6 Å². The number of ether oxygens (including phenoxy) is 2. The number of nitrogens with zero attached hydrogens (tertiary/aromatic N) is 4. The van der Waals surface area contributed by atoms with E-state index in [2.05, 4.69) is 37.3 Å². The van der Waals surface area contributed by atoms with Crippen LogP contribution in [0.1, 0.15) is 17.9 Å². The Bertz CT molecular complexity index is 1370. The van der Waals surface area contributed by atoms with Crippen molar-refractivity contribution in [3.63, 3.8) is 0 Å². The minimum Gasteiger partial charge on any atom is -0.480 e. The van der Waals surface area contributed by atoms with Crippen molar-refractivity contribution in [3.8, 4) is 17.3 Å². The molecule has 180 valence electrons. The Morgan fingerprint density at radius 3 is 2.77 bits per heavy atom. The Balaban J connectivity index is 1.43. The summed E-state index contributed by atoms with van der Waals surface area (Å²) in [5, 5.41) is 4.58. The zero-order valence-corrected chi connectivity index (χ0v) is 19.8. The Hall–Kier alpha value is -3.82. The summed E-state index contributed by atoms with van der Waals surface area (Å²) in [5.41, 5.74) is 3.11. The Kier molecular flexibility index (Phi) is 6.69. The molecule has 35 heavy (non-hydrogen) atoms. The number of nitrogens with one attached hydrogen (secondary N) is 2. The lowest BCUT2D eigenvalue weighted by atomic mass is 9.98. The average Bonchev–Trinajstić information content (AvgIpc) is 3.37. The molecule has 1 atom stereocenters. The van der Waals surface area contributed by atoms with Crippen molar-refractivity contribution < 1.29 is 9.47 Å². The zero-order chi connectivity index (χ0) is 24.2. The van der Waals surface area contributed by atoms with E-state index in [0.29, 0.717) is 34.4 Å². The molecular formula is C26H28N6O3. The molecule has 1 aromatic carbocycles. The molecule has 0 amide bonds. The third-order valence-electron chi connectivity index (χ3n) is 6.37. The summed E-state index contributed by atoms with van der Waals surface area (Å²) in [7, 11) is 3.28. The van der Waals surface area contributed by atoms with E-state index >= 15 is 0 Å². The van der Waals surface area contributed by atoms with Crippen LogP contribution in [-0.2, 0) is 4.74 Å². The number of anilines is 2. The van der Waals surface area contributed by atoms with Crippen molar-refractivity contribution in [1.82, 2.24) is 24.8 Å². The lowest BCUT2D eigenvalue weighted by molar-refractivity contribution is 0.160. The number of rotatable bonds is 8. The lowest BCUT2D eigenvalue weighted by Gasteiger charge is -2.16. The summed E-state index contributed by atoms with van der Waals surface area (Å²) < 4.78 is 10.4. The van der Waals surface area contributed by atoms with Crippen LogP contribution in [0.25, 0.3) is 22.2 Å². The van der Waals surface area contributed by atoms with Crippen LogP contribution in [0.4, 0.5) is 11.5 Å². The van der Waals surface area contributed by atoms with Crippen molar-refractivity contribution in [2.75, 3.05) is 45.8 Å². The number of aromatic nitrogens is 4. The van der Waals surface area contributed by atoms with E-state index in [0.717, 1.165) is 43.7 Å². The van der Waals surface area contributed by atoms with Gasteiger partial charge in [0.2, 0.25) is 5.88 Å². The van der Waals surface area contributed by atoms with Gasteiger partial charge in [-0.1, -0.05) is 12.1 Å². The molecule has 9 heteroatoms. The molecule has 0 spiro atoms. The monoisotopic (exact) mass is 472 g/mol. The van der Waals surface area contributed by atoms with Crippen LogP contribution in [0.2, 0.25) is 0 Å². The normalized spacial score (nSPS) is 16.0. The first kappa shape index (κ1) is 22.9. The van der Waals surface area contributed by atoms with Gasteiger partial charge >= 0.3 is 0 Å². The molecule has 9 nitrogen and oxygen atoms in total. The van der Waals surface area contributed by atoms with Crippen molar-refractivity contribution in [2.24, 2.45) is 0 Å². The number of hydrogen-bond acceptors (Lipinski definition) is 8. The number of benzene rings is 1. The van der Waals surface area contributed by atoms with E-state index in [4.69, 9.17) is 14.5 Å². The first-order chi connectivity index (χ1) is 17.1. The van der Waals surface area contributed by atoms with Gasteiger partial charge in [0.25, 0.3) is 5.56 Å². The summed E-state index contributed by atoms with van der Waals surface area (Å²) in [6, 6.07) is 12.1. The third kappa shape index (κ3) is 5.01. The van der Waals surface area contributed by atoms with Crippen LogP contribution < -0.4 is 15.6 Å². The molecular weight excluding hydrogens is 444 g/mol. The first-order valence-electron chi connectivity index (χ1n) is 11.6. The maximum absolute atomic E-state index is 12.7. The van der Waals surface area contributed by atoms with Crippen LogP contribution in [0.3, 0.4) is 0 Å². The van der Waals surface area contributed by atoms with E-state index in [-0.39, 0.29) is 5.56 Å². The molecule has 4 heterocycles. The van der Waals surface area contributed by atoms with Crippen LogP contribution >= 0.6 is 0 Å². The van der Waals surface area contributed by atoms with Crippen molar-refractivity contribution in [1.29, 1.82) is 0 Å². The number of H-pyrrole nitrogens is 1. The number of methoxy groups -OCH3 is 2. The van der Waals surface area contributed by atoms with Crippen LogP contribution in [0.5, 0.6) is 5.88 Å². The molecule has 4 aromatic rings. The molecule has 1 fully saturated rings. The zero-order valence-electron chi connectivity index (χ0n) is 19.8. The highest BCUT2D eigenvalue weighted by Crippen LogP contribution is 2.30. The van der Waals surface area contributed by atoms with Crippen molar-refractivity contribution in [2.45, 2.75) is 12.3 Å². The van der Waals surface area contributed by atoms with E-state index in [9.17, 15) is 4.79 Å². The fraction of sp³-hybridized carbons (Fsp3) is 0.308. The molecule has 3 aromatic heterocycles. The fourth-order valence-corrected chi connectivity index (χ4v) is 4.51. The standard InChI is InChI=1S/C26H28N6O3/c1-34-12-11-32-10-8-19(16-32)17-3-5-20(6-4-17)29-25-24-18(7-9-28-26(24)33)13-21(31-25)22-14-27-15-23(30-22)35-2/h3-7,9,13-15,19H,8,10-12,16H2,1-2H3,(H,28,33)(H,29,31). The van der Waals surface area contributed by atoms with Gasteiger partial charge in [-0.3, -0.25) is 9.78 Å². The van der Waals surface area contributed by atoms with Gasteiger partial charge in [-0.25, -0.2) is 9.97 Å². The number of fused-ring (bicyclic) bond motifs is 1. The smallest absolute Gasteiger partial charge is 0.259 e. The first-order valence-corrected chi connectivity index (χ1v) is 11.6. The topological polar surface area (TPSA) is 105 Å². The predicted octanol–water partition coefficient (Wildman–Crippen LogP) is 3.57. The molecule has 5 rings (SSSR count). The SMILES string of the molecule is COCCN1CCC(c2ccc(Nc3nc(-c4cncc(OC)n4)cc4cc[nH]c(=O)c34)cc2)C1. The van der Waals surface area contributed by atoms with Gasteiger partial charge < -0.3 is 24.7 Å². The molecule has 0 bridgehead atoms. The van der Waals surface area contributed by atoms with Crippen molar-refractivity contribution in [3.05, 3.63) is 70.9 Å². The quantitative estimate of drug-likeness (QED) is 0.401. The summed E-state index contributed by atoms with van der Waals surface area (Å²) in [4.78, 5) is 31.2. The number of hydrogen-bond donors (Lipinski definition) is 2.